The fourth-order valence-corrected chi connectivity index (χ4v) is 2.20. The molecule has 1 fully saturated rings. The summed E-state index contributed by atoms with van der Waals surface area (Å²) >= 11 is 0. The lowest BCUT2D eigenvalue weighted by molar-refractivity contribution is -0.386. The van der Waals surface area contributed by atoms with E-state index in [0.717, 1.165) is 32.7 Å². The van der Waals surface area contributed by atoms with Gasteiger partial charge in [-0.05, 0) is 13.0 Å². The maximum atomic E-state index is 11.0. The van der Waals surface area contributed by atoms with Crippen LogP contribution < -0.4 is 10.1 Å². The van der Waals surface area contributed by atoms with Crippen molar-refractivity contribution in [2.75, 3.05) is 39.3 Å². The maximum Gasteiger partial charge on any atom is 0.313 e. The van der Waals surface area contributed by atoms with Gasteiger partial charge >= 0.3 is 5.69 Å². The molecule has 1 saturated heterocycles. The lowest BCUT2D eigenvalue weighted by Gasteiger charge is -2.26. The van der Waals surface area contributed by atoms with Gasteiger partial charge in [-0.2, -0.15) is 0 Å². The summed E-state index contributed by atoms with van der Waals surface area (Å²) in [6.07, 6.45) is 0. The lowest BCUT2D eigenvalue weighted by Crippen LogP contribution is -2.44. The quantitative estimate of drug-likeness (QED) is 0.639. The molecule has 0 bridgehead atoms. The average molecular weight is 265 g/mol. The third kappa shape index (κ3) is 3.65. The second kappa shape index (κ2) is 6.49. The number of nitrogens with one attached hydrogen (secondary N) is 1. The highest BCUT2D eigenvalue weighted by atomic mass is 16.6. The second-order valence-electron chi connectivity index (χ2n) is 4.62. The first-order chi connectivity index (χ1) is 9.18. The summed E-state index contributed by atoms with van der Waals surface area (Å²) in [6, 6.07) is 5.16. The summed E-state index contributed by atoms with van der Waals surface area (Å²) in [5.74, 6) is 0.361. The minimum atomic E-state index is -0.379. The first-order valence-corrected chi connectivity index (χ1v) is 6.48. The summed E-state index contributed by atoms with van der Waals surface area (Å²) in [5, 5.41) is 14.3. The molecule has 1 aromatic rings. The highest BCUT2D eigenvalue weighted by Gasteiger charge is 2.18. The van der Waals surface area contributed by atoms with E-state index in [1.165, 1.54) is 0 Å². The van der Waals surface area contributed by atoms with Gasteiger partial charge in [0.2, 0.25) is 0 Å². The first kappa shape index (κ1) is 13.8. The van der Waals surface area contributed by atoms with E-state index in [0.29, 0.717) is 17.9 Å². The Labute approximate surface area is 112 Å². The van der Waals surface area contributed by atoms with Crippen molar-refractivity contribution < 1.29 is 9.66 Å². The minimum Gasteiger partial charge on any atom is -0.485 e. The summed E-state index contributed by atoms with van der Waals surface area (Å²) in [6.45, 7) is 6.98. The highest BCUT2D eigenvalue weighted by molar-refractivity contribution is 5.51. The molecule has 1 N–H and O–H groups in total. The monoisotopic (exact) mass is 265 g/mol. The van der Waals surface area contributed by atoms with Crippen molar-refractivity contribution in [2.45, 2.75) is 6.92 Å². The number of aryl methyl sites for hydroxylation is 1. The molecule has 1 aromatic carbocycles. The topological polar surface area (TPSA) is 67.6 Å². The molecule has 19 heavy (non-hydrogen) atoms. The van der Waals surface area contributed by atoms with Crippen LogP contribution in [0.5, 0.6) is 5.75 Å². The van der Waals surface area contributed by atoms with Crippen molar-refractivity contribution >= 4 is 5.69 Å². The maximum absolute atomic E-state index is 11.0. The van der Waals surface area contributed by atoms with Gasteiger partial charge in [-0.15, -0.1) is 0 Å². The predicted octanol–water partition coefficient (Wildman–Crippen LogP) is 1.19. The summed E-state index contributed by atoms with van der Waals surface area (Å²) < 4.78 is 5.58. The van der Waals surface area contributed by atoms with E-state index in [1.807, 2.05) is 0 Å². The molecule has 0 amide bonds. The Morgan fingerprint density at radius 3 is 2.84 bits per heavy atom. The van der Waals surface area contributed by atoms with Gasteiger partial charge in [0.15, 0.2) is 5.75 Å². The number of nitrogens with zero attached hydrogens (tertiary/aromatic N) is 2. The van der Waals surface area contributed by atoms with Gasteiger partial charge in [-0.25, -0.2) is 0 Å². The fraction of sp³-hybridized carbons (Fsp3) is 0.538. The number of hydrogen-bond acceptors (Lipinski definition) is 5. The molecule has 0 aliphatic carbocycles. The molecule has 1 heterocycles. The Balaban J connectivity index is 1.92. The van der Waals surface area contributed by atoms with Crippen LogP contribution in [-0.4, -0.2) is 49.2 Å². The van der Waals surface area contributed by atoms with Crippen molar-refractivity contribution in [3.8, 4) is 5.75 Å². The second-order valence-corrected chi connectivity index (χ2v) is 4.62. The molecule has 0 radical (unpaired) electrons. The summed E-state index contributed by atoms with van der Waals surface area (Å²) in [4.78, 5) is 12.9. The zero-order valence-corrected chi connectivity index (χ0v) is 11.1. The first-order valence-electron chi connectivity index (χ1n) is 6.48. The lowest BCUT2D eigenvalue weighted by atomic mass is 10.2. The third-order valence-electron chi connectivity index (χ3n) is 3.26. The van der Waals surface area contributed by atoms with Crippen LogP contribution in [0.15, 0.2) is 18.2 Å². The molecular weight excluding hydrogens is 246 g/mol. The van der Waals surface area contributed by atoms with Crippen molar-refractivity contribution in [1.29, 1.82) is 0 Å². The molecule has 6 nitrogen and oxygen atoms in total. The minimum absolute atomic E-state index is 0.0720. The van der Waals surface area contributed by atoms with E-state index in [-0.39, 0.29) is 10.6 Å². The van der Waals surface area contributed by atoms with Crippen LogP contribution in [0, 0.1) is 17.0 Å². The van der Waals surface area contributed by atoms with Gasteiger partial charge in [0.05, 0.1) is 4.92 Å². The molecule has 104 valence electrons. The average Bonchev–Trinajstić information content (AvgIpc) is 2.39. The van der Waals surface area contributed by atoms with Crippen LogP contribution in [-0.2, 0) is 0 Å². The molecule has 0 unspecified atom stereocenters. The van der Waals surface area contributed by atoms with Crippen molar-refractivity contribution in [2.24, 2.45) is 0 Å². The fourth-order valence-electron chi connectivity index (χ4n) is 2.20. The molecule has 1 aliphatic heterocycles. The zero-order valence-electron chi connectivity index (χ0n) is 11.1. The van der Waals surface area contributed by atoms with Gasteiger partial charge in [0, 0.05) is 38.3 Å². The molecule has 6 heteroatoms. The molecule has 2 rings (SSSR count). The molecule has 1 aliphatic rings. The van der Waals surface area contributed by atoms with Crippen LogP contribution in [0.3, 0.4) is 0 Å². The van der Waals surface area contributed by atoms with Crippen molar-refractivity contribution in [3.63, 3.8) is 0 Å². The number of para-hydroxylation sites is 1. The Hall–Kier alpha value is -1.66. The Morgan fingerprint density at radius 1 is 1.42 bits per heavy atom. The van der Waals surface area contributed by atoms with Crippen LogP contribution in [0.4, 0.5) is 5.69 Å². The molecular formula is C13H19N3O3. The Bertz CT molecular complexity index is 445. The van der Waals surface area contributed by atoms with E-state index >= 15 is 0 Å². The highest BCUT2D eigenvalue weighted by Crippen LogP contribution is 2.29. The van der Waals surface area contributed by atoms with Gasteiger partial charge in [0.25, 0.3) is 0 Å². The van der Waals surface area contributed by atoms with Crippen LogP contribution in [0.1, 0.15) is 5.56 Å². The third-order valence-corrected chi connectivity index (χ3v) is 3.26. The summed E-state index contributed by atoms with van der Waals surface area (Å²) in [5.41, 5.74) is 0.701. The molecule has 0 spiro atoms. The van der Waals surface area contributed by atoms with E-state index in [4.69, 9.17) is 4.74 Å². The Kier molecular flexibility index (Phi) is 4.70. The van der Waals surface area contributed by atoms with E-state index < -0.39 is 0 Å². The number of nitro benzene ring substituents is 1. The predicted molar refractivity (Wildman–Crippen MR) is 72.6 cm³/mol. The van der Waals surface area contributed by atoms with Gasteiger partial charge in [-0.1, -0.05) is 12.1 Å². The molecule has 0 aromatic heterocycles. The van der Waals surface area contributed by atoms with E-state index in [1.54, 1.807) is 25.1 Å². The van der Waals surface area contributed by atoms with Gasteiger partial charge in [-0.3, -0.25) is 15.0 Å². The normalized spacial score (nSPS) is 16.3. The SMILES string of the molecule is Cc1cccc(OCCN2CCNCC2)c1[N+](=O)[O-]. The van der Waals surface area contributed by atoms with Crippen molar-refractivity contribution in [3.05, 3.63) is 33.9 Å². The Morgan fingerprint density at radius 2 is 2.16 bits per heavy atom. The molecule has 0 saturated carbocycles. The largest absolute Gasteiger partial charge is 0.485 e. The number of piperazine rings is 1. The van der Waals surface area contributed by atoms with Crippen LogP contribution in [0.25, 0.3) is 0 Å². The van der Waals surface area contributed by atoms with Crippen LogP contribution in [0.2, 0.25) is 0 Å². The van der Waals surface area contributed by atoms with E-state index in [9.17, 15) is 10.1 Å². The smallest absolute Gasteiger partial charge is 0.313 e. The van der Waals surface area contributed by atoms with Crippen molar-refractivity contribution in [1.82, 2.24) is 10.2 Å². The molecule has 0 atom stereocenters. The summed E-state index contributed by atoms with van der Waals surface area (Å²) in [7, 11) is 0. The number of rotatable bonds is 5. The number of benzene rings is 1. The van der Waals surface area contributed by atoms with E-state index in [2.05, 4.69) is 10.2 Å². The van der Waals surface area contributed by atoms with Gasteiger partial charge in [0.1, 0.15) is 6.61 Å². The van der Waals surface area contributed by atoms with Crippen LogP contribution >= 0.6 is 0 Å². The number of ether oxygens (including phenoxy) is 1. The number of nitro groups is 1. The van der Waals surface area contributed by atoms with Gasteiger partial charge < -0.3 is 10.1 Å². The standard InChI is InChI=1S/C13H19N3O3/c1-11-3-2-4-12(13(11)16(17)18)19-10-9-15-7-5-14-6-8-15/h2-4,14H,5-10H2,1H3. The number of hydrogen-bond donors (Lipinski definition) is 1. The zero-order chi connectivity index (χ0) is 13.7.